The first-order valence-corrected chi connectivity index (χ1v) is 5.34. The molecule has 1 aromatic rings. The summed E-state index contributed by atoms with van der Waals surface area (Å²) < 4.78 is 30.5. The molecule has 0 radical (unpaired) electrons. The molecule has 0 aliphatic carbocycles. The molecule has 2 unspecified atom stereocenters. The zero-order chi connectivity index (χ0) is 11.5. The highest BCUT2D eigenvalue weighted by Crippen LogP contribution is 2.30. The lowest BCUT2D eigenvalue weighted by atomic mass is 9.98. The van der Waals surface area contributed by atoms with Crippen LogP contribution in [-0.4, -0.2) is 17.8 Å². The third-order valence-corrected chi connectivity index (χ3v) is 2.79. The van der Waals surface area contributed by atoms with Crippen molar-refractivity contribution >= 4 is 0 Å². The Hall–Kier alpha value is -1.00. The summed E-state index contributed by atoms with van der Waals surface area (Å²) in [5.41, 5.74) is 0.720. The van der Waals surface area contributed by atoms with Crippen molar-refractivity contribution in [2.75, 3.05) is 6.61 Å². The monoisotopic (exact) mass is 228 g/mol. The van der Waals surface area contributed by atoms with E-state index in [4.69, 9.17) is 4.74 Å². The van der Waals surface area contributed by atoms with Gasteiger partial charge in [0.1, 0.15) is 0 Å². The molecule has 1 aliphatic heterocycles. The van der Waals surface area contributed by atoms with Crippen molar-refractivity contribution in [2.45, 2.75) is 31.5 Å². The number of halogens is 2. The highest BCUT2D eigenvalue weighted by Gasteiger charge is 2.22. The molecule has 1 aromatic carbocycles. The summed E-state index contributed by atoms with van der Waals surface area (Å²) in [5.74, 6) is 0. The van der Waals surface area contributed by atoms with Crippen molar-refractivity contribution in [1.29, 1.82) is 0 Å². The highest BCUT2D eigenvalue weighted by atomic mass is 19.3. The number of hydrogen-bond acceptors (Lipinski definition) is 2. The first-order valence-electron chi connectivity index (χ1n) is 5.34. The van der Waals surface area contributed by atoms with Gasteiger partial charge in [-0.3, -0.25) is 0 Å². The van der Waals surface area contributed by atoms with E-state index in [1.807, 2.05) is 0 Å². The van der Waals surface area contributed by atoms with Crippen molar-refractivity contribution in [2.24, 2.45) is 0 Å². The van der Waals surface area contributed by atoms with Gasteiger partial charge in [0, 0.05) is 18.6 Å². The molecular formula is C12H14F2O2. The molecule has 1 heterocycles. The van der Waals surface area contributed by atoms with E-state index in [9.17, 15) is 13.9 Å². The summed E-state index contributed by atoms with van der Waals surface area (Å²) >= 11 is 0. The highest BCUT2D eigenvalue weighted by molar-refractivity contribution is 5.26. The van der Waals surface area contributed by atoms with Crippen LogP contribution in [0.15, 0.2) is 24.3 Å². The molecule has 1 N–H and O–H groups in total. The third-order valence-electron chi connectivity index (χ3n) is 2.79. The molecule has 2 nitrogen and oxygen atoms in total. The van der Waals surface area contributed by atoms with Gasteiger partial charge in [0.25, 0.3) is 6.43 Å². The summed E-state index contributed by atoms with van der Waals surface area (Å²) in [6, 6.07) is 6.20. The third kappa shape index (κ3) is 2.57. The first-order chi connectivity index (χ1) is 7.66. The van der Waals surface area contributed by atoms with Gasteiger partial charge in [0.15, 0.2) is 0 Å². The van der Waals surface area contributed by atoms with Gasteiger partial charge in [-0.1, -0.05) is 18.2 Å². The van der Waals surface area contributed by atoms with E-state index in [2.05, 4.69) is 0 Å². The molecule has 0 amide bonds. The van der Waals surface area contributed by atoms with E-state index >= 15 is 0 Å². The summed E-state index contributed by atoms with van der Waals surface area (Å²) in [4.78, 5) is 0. The molecule has 1 saturated heterocycles. The van der Waals surface area contributed by atoms with Crippen molar-refractivity contribution < 1.29 is 18.6 Å². The van der Waals surface area contributed by atoms with Crippen LogP contribution in [0.25, 0.3) is 0 Å². The molecule has 2 atom stereocenters. The largest absolute Gasteiger partial charge is 0.393 e. The van der Waals surface area contributed by atoms with Crippen LogP contribution in [-0.2, 0) is 4.74 Å². The minimum Gasteiger partial charge on any atom is -0.393 e. The van der Waals surface area contributed by atoms with Crippen LogP contribution in [0.1, 0.15) is 36.5 Å². The molecule has 16 heavy (non-hydrogen) atoms. The van der Waals surface area contributed by atoms with Crippen LogP contribution in [0.3, 0.4) is 0 Å². The quantitative estimate of drug-likeness (QED) is 0.843. The maximum absolute atomic E-state index is 12.5. The normalized spacial score (nSPS) is 26.0. The van der Waals surface area contributed by atoms with Gasteiger partial charge in [-0.25, -0.2) is 8.78 Å². The van der Waals surface area contributed by atoms with Gasteiger partial charge in [0.05, 0.1) is 12.2 Å². The van der Waals surface area contributed by atoms with Crippen LogP contribution >= 0.6 is 0 Å². The van der Waals surface area contributed by atoms with Crippen LogP contribution < -0.4 is 0 Å². The molecule has 0 spiro atoms. The average Bonchev–Trinajstić information content (AvgIpc) is 2.29. The number of aliphatic hydroxyl groups excluding tert-OH is 1. The van der Waals surface area contributed by atoms with E-state index in [0.29, 0.717) is 19.4 Å². The average molecular weight is 228 g/mol. The zero-order valence-electron chi connectivity index (χ0n) is 8.77. The van der Waals surface area contributed by atoms with Crippen LogP contribution in [0.5, 0.6) is 0 Å². The summed E-state index contributed by atoms with van der Waals surface area (Å²) in [7, 11) is 0. The van der Waals surface area contributed by atoms with Gasteiger partial charge < -0.3 is 9.84 Å². The van der Waals surface area contributed by atoms with E-state index in [0.717, 1.165) is 5.56 Å². The van der Waals surface area contributed by atoms with Gasteiger partial charge in [-0.15, -0.1) is 0 Å². The lowest BCUT2D eigenvalue weighted by molar-refractivity contribution is -0.0448. The Kier molecular flexibility index (Phi) is 3.51. The van der Waals surface area contributed by atoms with Crippen LogP contribution in [0, 0.1) is 0 Å². The fourth-order valence-electron chi connectivity index (χ4n) is 1.91. The minimum absolute atomic E-state index is 0.00108. The lowest BCUT2D eigenvalue weighted by Gasteiger charge is -2.27. The second kappa shape index (κ2) is 4.89. The predicted molar refractivity (Wildman–Crippen MR) is 55.3 cm³/mol. The van der Waals surface area contributed by atoms with Crippen molar-refractivity contribution in [3.8, 4) is 0 Å². The number of benzene rings is 1. The molecule has 1 fully saturated rings. The molecule has 2 rings (SSSR count). The fraction of sp³-hybridized carbons (Fsp3) is 0.500. The molecule has 88 valence electrons. The molecule has 0 bridgehead atoms. The summed E-state index contributed by atoms with van der Waals surface area (Å²) in [6.07, 6.45) is -2.03. The lowest BCUT2D eigenvalue weighted by Crippen LogP contribution is -2.23. The van der Waals surface area contributed by atoms with Gasteiger partial charge in [-0.2, -0.15) is 0 Å². The standard InChI is InChI=1S/C12H14F2O2/c13-12(14)9-3-1-2-8(6-9)11-7-10(15)4-5-16-11/h1-3,6,10-12,15H,4-5,7H2. The van der Waals surface area contributed by atoms with E-state index < -0.39 is 12.5 Å². The van der Waals surface area contributed by atoms with Crippen molar-refractivity contribution in [3.63, 3.8) is 0 Å². The molecule has 1 aliphatic rings. The Balaban J connectivity index is 2.16. The van der Waals surface area contributed by atoms with E-state index in [1.165, 1.54) is 12.1 Å². The van der Waals surface area contributed by atoms with E-state index in [-0.39, 0.29) is 11.7 Å². The molecular weight excluding hydrogens is 214 g/mol. The van der Waals surface area contributed by atoms with Crippen LogP contribution in [0.2, 0.25) is 0 Å². The Bertz CT molecular complexity index is 355. The Morgan fingerprint density at radius 1 is 1.38 bits per heavy atom. The molecule has 0 aromatic heterocycles. The second-order valence-corrected chi connectivity index (χ2v) is 4.01. The second-order valence-electron chi connectivity index (χ2n) is 4.01. The zero-order valence-corrected chi connectivity index (χ0v) is 8.77. The molecule has 4 heteroatoms. The fourth-order valence-corrected chi connectivity index (χ4v) is 1.91. The minimum atomic E-state index is -2.46. The SMILES string of the molecule is OC1CCOC(c2cccc(C(F)F)c2)C1. The molecule has 0 saturated carbocycles. The Morgan fingerprint density at radius 2 is 2.19 bits per heavy atom. The van der Waals surface area contributed by atoms with Crippen molar-refractivity contribution in [3.05, 3.63) is 35.4 Å². The van der Waals surface area contributed by atoms with Gasteiger partial charge in [-0.05, 0) is 18.1 Å². The summed E-state index contributed by atoms with van der Waals surface area (Å²) in [5, 5.41) is 9.49. The van der Waals surface area contributed by atoms with Crippen molar-refractivity contribution in [1.82, 2.24) is 0 Å². The van der Waals surface area contributed by atoms with Gasteiger partial charge in [0.2, 0.25) is 0 Å². The maximum Gasteiger partial charge on any atom is 0.263 e. The smallest absolute Gasteiger partial charge is 0.263 e. The number of aliphatic hydroxyl groups is 1. The number of rotatable bonds is 2. The summed E-state index contributed by atoms with van der Waals surface area (Å²) in [6.45, 7) is 0.477. The number of ether oxygens (including phenoxy) is 1. The predicted octanol–water partition coefficient (Wildman–Crippen LogP) is 2.84. The Morgan fingerprint density at radius 3 is 2.88 bits per heavy atom. The van der Waals surface area contributed by atoms with Gasteiger partial charge >= 0.3 is 0 Å². The topological polar surface area (TPSA) is 29.5 Å². The van der Waals surface area contributed by atoms with E-state index in [1.54, 1.807) is 12.1 Å². The number of alkyl halides is 2. The maximum atomic E-state index is 12.5. The van der Waals surface area contributed by atoms with Crippen LogP contribution in [0.4, 0.5) is 8.78 Å². The first kappa shape index (κ1) is 11.5. The Labute approximate surface area is 92.9 Å². The number of hydrogen-bond donors (Lipinski definition) is 1.